The van der Waals surface area contributed by atoms with E-state index in [9.17, 15) is 10.2 Å². The zero-order chi connectivity index (χ0) is 17.8. The first-order chi connectivity index (χ1) is 12.1. The number of hydrogen-bond acceptors (Lipinski definition) is 6. The third-order valence-electron chi connectivity index (χ3n) is 4.23. The van der Waals surface area contributed by atoms with E-state index >= 15 is 0 Å². The molecule has 0 unspecified atom stereocenters. The second-order valence-corrected chi connectivity index (χ2v) is 6.30. The van der Waals surface area contributed by atoms with Crippen molar-refractivity contribution in [1.29, 1.82) is 0 Å². The van der Waals surface area contributed by atoms with Crippen LogP contribution in [-0.2, 0) is 11.3 Å². The van der Waals surface area contributed by atoms with Gasteiger partial charge in [-0.1, -0.05) is 11.6 Å². The van der Waals surface area contributed by atoms with Gasteiger partial charge in [-0.25, -0.2) is 4.98 Å². The van der Waals surface area contributed by atoms with E-state index in [1.807, 2.05) is 10.8 Å². The minimum Gasteiger partial charge on any atom is -0.497 e. The number of ether oxygens (including phenoxy) is 3. The number of aromatic nitrogens is 2. The molecule has 0 spiro atoms. The summed E-state index contributed by atoms with van der Waals surface area (Å²) in [5, 5.41) is 20.8. The third-order valence-corrected chi connectivity index (χ3v) is 4.53. The number of methoxy groups -OCH3 is 1. The fraction of sp³-hybridized carbons (Fsp3) is 0.471. The van der Waals surface area contributed by atoms with Gasteiger partial charge >= 0.3 is 0 Å². The van der Waals surface area contributed by atoms with E-state index in [-0.39, 0.29) is 19.0 Å². The molecule has 0 bridgehead atoms. The molecular weight excluding hydrogens is 383 g/mol. The Kier molecular flexibility index (Phi) is 7.55. The molecule has 1 aromatic carbocycles. The van der Waals surface area contributed by atoms with Crippen LogP contribution in [0.3, 0.4) is 0 Å². The highest BCUT2D eigenvalue weighted by molar-refractivity contribution is 6.32. The molecule has 1 aliphatic rings. The Morgan fingerprint density at radius 3 is 2.69 bits per heavy atom. The first-order valence-electron chi connectivity index (χ1n) is 8.02. The van der Waals surface area contributed by atoms with E-state index in [1.165, 1.54) is 0 Å². The molecule has 0 amide bonds. The van der Waals surface area contributed by atoms with E-state index in [4.69, 9.17) is 25.8 Å². The maximum absolute atomic E-state index is 10.2. The van der Waals surface area contributed by atoms with Gasteiger partial charge in [0.25, 0.3) is 0 Å². The van der Waals surface area contributed by atoms with E-state index in [0.29, 0.717) is 29.5 Å². The van der Waals surface area contributed by atoms with Crippen LogP contribution in [0.25, 0.3) is 0 Å². The quantitative estimate of drug-likeness (QED) is 0.732. The van der Waals surface area contributed by atoms with Gasteiger partial charge in [-0.05, 0) is 18.6 Å². The Bertz CT molecular complexity index is 686. The molecular formula is C17H22Cl2N2O5. The molecule has 3 rings (SSSR count). The number of aliphatic hydroxyl groups is 2. The molecule has 1 fully saturated rings. The number of benzene rings is 1. The Morgan fingerprint density at radius 2 is 2.04 bits per heavy atom. The lowest BCUT2D eigenvalue weighted by Crippen LogP contribution is -2.35. The first-order valence-corrected chi connectivity index (χ1v) is 8.40. The molecule has 2 aromatic rings. The Labute approximate surface area is 162 Å². The summed E-state index contributed by atoms with van der Waals surface area (Å²) in [6.45, 7) is 0.734. The standard InChI is InChI=1S/C17H21ClN2O5.ClH/c1-23-11-2-3-13(12(18)8-11)24-9-15-17(22)16(21)14(25-15)4-6-20-7-5-19-10-20;/h2-3,5,7-8,10,14-17,21-22H,4,6,9H2,1H3;1H/t14-,15+,16+,17-;/m0./s1. The molecule has 1 aliphatic heterocycles. The van der Waals surface area contributed by atoms with Crippen LogP contribution in [0.15, 0.2) is 36.9 Å². The summed E-state index contributed by atoms with van der Waals surface area (Å²) in [6.07, 6.45) is 2.74. The molecule has 7 nitrogen and oxygen atoms in total. The average molecular weight is 405 g/mol. The van der Waals surface area contributed by atoms with E-state index in [2.05, 4.69) is 4.98 Å². The van der Waals surface area contributed by atoms with Gasteiger partial charge in [0.15, 0.2) is 0 Å². The highest BCUT2D eigenvalue weighted by atomic mass is 35.5. The lowest BCUT2D eigenvalue weighted by molar-refractivity contribution is -0.0195. The number of hydrogen-bond donors (Lipinski definition) is 2. The number of halogens is 2. The summed E-state index contributed by atoms with van der Waals surface area (Å²) in [5.41, 5.74) is 0. The second kappa shape index (κ2) is 9.43. The summed E-state index contributed by atoms with van der Waals surface area (Å²) >= 11 is 6.13. The second-order valence-electron chi connectivity index (χ2n) is 5.89. The van der Waals surface area contributed by atoms with Crippen LogP contribution in [0, 0.1) is 0 Å². The van der Waals surface area contributed by atoms with E-state index < -0.39 is 24.4 Å². The van der Waals surface area contributed by atoms with Crippen molar-refractivity contribution >= 4 is 24.0 Å². The van der Waals surface area contributed by atoms with Crippen molar-refractivity contribution < 1.29 is 24.4 Å². The van der Waals surface area contributed by atoms with Crippen molar-refractivity contribution in [2.45, 2.75) is 37.4 Å². The van der Waals surface area contributed by atoms with Gasteiger partial charge in [0, 0.05) is 25.0 Å². The van der Waals surface area contributed by atoms with Gasteiger partial charge in [0.1, 0.15) is 36.4 Å². The number of imidazole rings is 1. The SMILES string of the molecule is COc1ccc(OC[C@H]2O[C@@H](CCn3ccnc3)[C@@H](O)[C@H]2O)c(Cl)c1.Cl. The van der Waals surface area contributed by atoms with Crippen LogP contribution in [0.4, 0.5) is 0 Å². The fourth-order valence-corrected chi connectivity index (χ4v) is 3.02. The van der Waals surface area contributed by atoms with Crippen LogP contribution in [0.2, 0.25) is 5.02 Å². The van der Waals surface area contributed by atoms with Gasteiger partial charge in [-0.2, -0.15) is 0 Å². The summed E-state index contributed by atoms with van der Waals surface area (Å²) in [7, 11) is 1.56. The average Bonchev–Trinajstić information content (AvgIpc) is 3.22. The van der Waals surface area contributed by atoms with E-state index in [0.717, 1.165) is 0 Å². The normalized spacial score (nSPS) is 24.9. The zero-order valence-corrected chi connectivity index (χ0v) is 15.8. The van der Waals surface area contributed by atoms with Crippen LogP contribution < -0.4 is 9.47 Å². The zero-order valence-electron chi connectivity index (χ0n) is 14.2. The third kappa shape index (κ3) is 4.81. The first kappa shape index (κ1) is 20.8. The Balaban J connectivity index is 0.00000243. The fourth-order valence-electron chi connectivity index (χ4n) is 2.79. The number of rotatable bonds is 7. The van der Waals surface area contributed by atoms with E-state index in [1.54, 1.807) is 37.8 Å². The minimum atomic E-state index is -1.01. The smallest absolute Gasteiger partial charge is 0.138 e. The van der Waals surface area contributed by atoms with Crippen LogP contribution >= 0.6 is 24.0 Å². The van der Waals surface area contributed by atoms with Crippen LogP contribution in [0.1, 0.15) is 6.42 Å². The summed E-state index contributed by atoms with van der Waals surface area (Å²) < 4.78 is 18.4. The summed E-state index contributed by atoms with van der Waals surface area (Å²) in [6, 6.07) is 5.07. The molecule has 0 radical (unpaired) electrons. The molecule has 9 heteroatoms. The van der Waals surface area contributed by atoms with Crippen molar-refractivity contribution in [3.8, 4) is 11.5 Å². The molecule has 26 heavy (non-hydrogen) atoms. The number of aryl methyl sites for hydroxylation is 1. The minimum absolute atomic E-state index is 0. The highest BCUT2D eigenvalue weighted by Crippen LogP contribution is 2.30. The highest BCUT2D eigenvalue weighted by Gasteiger charge is 2.42. The van der Waals surface area contributed by atoms with Crippen molar-refractivity contribution in [2.24, 2.45) is 0 Å². The molecule has 0 saturated carbocycles. The molecule has 2 N–H and O–H groups in total. The Hall–Kier alpha value is -1.51. The lowest BCUT2D eigenvalue weighted by atomic mass is 10.1. The number of nitrogens with zero attached hydrogens (tertiary/aromatic N) is 2. The summed E-state index contributed by atoms with van der Waals surface area (Å²) in [4.78, 5) is 3.97. The van der Waals surface area contributed by atoms with Crippen molar-refractivity contribution in [3.63, 3.8) is 0 Å². The maximum Gasteiger partial charge on any atom is 0.138 e. The molecule has 4 atom stereocenters. The largest absolute Gasteiger partial charge is 0.497 e. The van der Waals surface area contributed by atoms with Gasteiger partial charge < -0.3 is 29.0 Å². The van der Waals surface area contributed by atoms with Gasteiger partial charge in [-0.3, -0.25) is 0 Å². The molecule has 2 heterocycles. The number of aliphatic hydroxyl groups excluding tert-OH is 2. The van der Waals surface area contributed by atoms with Crippen LogP contribution in [0.5, 0.6) is 11.5 Å². The maximum atomic E-state index is 10.2. The van der Waals surface area contributed by atoms with Crippen molar-refractivity contribution in [2.75, 3.05) is 13.7 Å². The Morgan fingerprint density at radius 1 is 1.27 bits per heavy atom. The monoisotopic (exact) mass is 404 g/mol. The van der Waals surface area contributed by atoms with Crippen molar-refractivity contribution in [1.82, 2.24) is 9.55 Å². The summed E-state index contributed by atoms with van der Waals surface area (Å²) in [5.74, 6) is 1.10. The molecule has 1 saturated heterocycles. The molecule has 0 aliphatic carbocycles. The van der Waals surface area contributed by atoms with Gasteiger partial charge in [-0.15, -0.1) is 12.4 Å². The lowest BCUT2D eigenvalue weighted by Gasteiger charge is -2.16. The predicted molar refractivity (Wildman–Crippen MR) is 98.3 cm³/mol. The van der Waals surface area contributed by atoms with Gasteiger partial charge in [0.05, 0.1) is 24.6 Å². The van der Waals surface area contributed by atoms with Crippen molar-refractivity contribution in [3.05, 3.63) is 41.9 Å². The van der Waals surface area contributed by atoms with Crippen LogP contribution in [-0.4, -0.2) is 57.9 Å². The topological polar surface area (TPSA) is 86.0 Å². The predicted octanol–water partition coefficient (Wildman–Crippen LogP) is 1.93. The molecule has 144 valence electrons. The molecule has 1 aromatic heterocycles. The van der Waals surface area contributed by atoms with Gasteiger partial charge in [0.2, 0.25) is 0 Å².